The minimum absolute atomic E-state index is 0.0569. The standard InChI is InChI=1S/C25H29N3O2S/c1-16-10-12-17(13-11-16)24-23-19-8-5-9-20(19)31-25(23)28(22(30)14-26-24)15-21(29)27-18-6-3-2-4-7-18/h10-13,18H,2-9,14-15H2,1H3,(H,27,29). The zero-order valence-corrected chi connectivity index (χ0v) is 18.9. The van der Waals surface area contributed by atoms with Gasteiger partial charge in [0.25, 0.3) is 0 Å². The molecule has 0 atom stereocenters. The molecule has 2 heterocycles. The molecule has 2 amide bonds. The van der Waals surface area contributed by atoms with E-state index in [0.29, 0.717) is 0 Å². The van der Waals surface area contributed by atoms with Crippen molar-refractivity contribution in [2.24, 2.45) is 4.99 Å². The van der Waals surface area contributed by atoms with E-state index in [2.05, 4.69) is 36.5 Å². The highest BCUT2D eigenvalue weighted by Gasteiger charge is 2.34. The van der Waals surface area contributed by atoms with Crippen molar-refractivity contribution in [1.82, 2.24) is 5.32 Å². The molecule has 3 aliphatic rings. The largest absolute Gasteiger partial charge is 0.352 e. The van der Waals surface area contributed by atoms with Gasteiger partial charge >= 0.3 is 0 Å². The number of thiophene rings is 1. The zero-order valence-electron chi connectivity index (χ0n) is 18.1. The second-order valence-electron chi connectivity index (χ2n) is 8.95. The first-order valence-corrected chi connectivity index (χ1v) is 12.3. The predicted octanol–water partition coefficient (Wildman–Crippen LogP) is 4.18. The molecule has 0 unspecified atom stereocenters. The van der Waals surface area contributed by atoms with E-state index in [9.17, 15) is 9.59 Å². The van der Waals surface area contributed by atoms with Gasteiger partial charge in [0, 0.05) is 22.0 Å². The number of fused-ring (bicyclic) bond motifs is 3. The van der Waals surface area contributed by atoms with Gasteiger partial charge in [0.15, 0.2) is 0 Å². The van der Waals surface area contributed by atoms with E-state index in [0.717, 1.165) is 53.9 Å². The van der Waals surface area contributed by atoms with Crippen LogP contribution in [0.4, 0.5) is 5.00 Å². The summed E-state index contributed by atoms with van der Waals surface area (Å²) in [7, 11) is 0. The molecule has 2 aromatic rings. The molecule has 0 radical (unpaired) electrons. The molecule has 31 heavy (non-hydrogen) atoms. The summed E-state index contributed by atoms with van der Waals surface area (Å²) in [5, 5.41) is 4.08. The molecule has 6 heteroatoms. The van der Waals surface area contributed by atoms with Crippen LogP contribution in [0.1, 0.15) is 65.7 Å². The molecule has 5 nitrogen and oxygen atoms in total. The van der Waals surface area contributed by atoms with Crippen LogP contribution < -0.4 is 10.2 Å². The van der Waals surface area contributed by atoms with Gasteiger partial charge in [-0.3, -0.25) is 19.5 Å². The number of nitrogens with zero attached hydrogens (tertiary/aromatic N) is 2. The molecular weight excluding hydrogens is 406 g/mol. The second-order valence-corrected chi connectivity index (χ2v) is 10.0. The number of nitrogens with one attached hydrogen (secondary N) is 1. The van der Waals surface area contributed by atoms with E-state index in [4.69, 9.17) is 4.99 Å². The Bertz CT molecular complexity index is 1030. The smallest absolute Gasteiger partial charge is 0.249 e. The van der Waals surface area contributed by atoms with Crippen LogP contribution in [0.25, 0.3) is 0 Å². The quantitative estimate of drug-likeness (QED) is 0.783. The van der Waals surface area contributed by atoms with Gasteiger partial charge in [0.1, 0.15) is 18.1 Å². The van der Waals surface area contributed by atoms with Gasteiger partial charge in [-0.15, -0.1) is 11.3 Å². The lowest BCUT2D eigenvalue weighted by atomic mass is 9.95. The van der Waals surface area contributed by atoms with Crippen molar-refractivity contribution < 1.29 is 9.59 Å². The average Bonchev–Trinajstić information content (AvgIpc) is 3.33. The maximum absolute atomic E-state index is 13.1. The highest BCUT2D eigenvalue weighted by Crippen LogP contribution is 2.43. The Morgan fingerprint density at radius 3 is 2.68 bits per heavy atom. The van der Waals surface area contributed by atoms with Gasteiger partial charge in [-0.1, -0.05) is 49.1 Å². The van der Waals surface area contributed by atoms with Crippen LogP contribution in [-0.4, -0.2) is 36.7 Å². The predicted molar refractivity (Wildman–Crippen MR) is 125 cm³/mol. The van der Waals surface area contributed by atoms with Crippen molar-refractivity contribution in [1.29, 1.82) is 0 Å². The molecule has 2 aliphatic carbocycles. The minimum Gasteiger partial charge on any atom is -0.352 e. The maximum atomic E-state index is 13.1. The monoisotopic (exact) mass is 435 g/mol. The van der Waals surface area contributed by atoms with Crippen LogP contribution in [0.2, 0.25) is 0 Å². The molecule has 0 spiro atoms. The highest BCUT2D eigenvalue weighted by molar-refractivity contribution is 7.17. The van der Waals surface area contributed by atoms with Gasteiger partial charge in [0.2, 0.25) is 11.8 Å². The molecule has 1 aromatic heterocycles. The van der Waals surface area contributed by atoms with Gasteiger partial charge < -0.3 is 5.32 Å². The van der Waals surface area contributed by atoms with Crippen LogP contribution in [0.15, 0.2) is 29.3 Å². The van der Waals surface area contributed by atoms with Crippen LogP contribution in [-0.2, 0) is 22.4 Å². The number of benzene rings is 1. The lowest BCUT2D eigenvalue weighted by Gasteiger charge is -2.25. The first-order chi connectivity index (χ1) is 15.1. The molecule has 162 valence electrons. The Morgan fingerprint density at radius 2 is 1.90 bits per heavy atom. The van der Waals surface area contributed by atoms with Gasteiger partial charge in [-0.2, -0.15) is 0 Å². The molecule has 0 saturated heterocycles. The molecule has 0 bridgehead atoms. The third-order valence-corrected chi connectivity index (χ3v) is 7.97. The highest BCUT2D eigenvalue weighted by atomic mass is 32.1. The van der Waals surface area contributed by atoms with Gasteiger partial charge in [-0.25, -0.2) is 0 Å². The lowest BCUT2D eigenvalue weighted by Crippen LogP contribution is -2.45. The third-order valence-electron chi connectivity index (χ3n) is 6.66. The van der Waals surface area contributed by atoms with E-state index < -0.39 is 0 Å². The first-order valence-electron chi connectivity index (χ1n) is 11.5. The molecule has 1 fully saturated rings. The number of amides is 2. The summed E-state index contributed by atoms with van der Waals surface area (Å²) in [6, 6.07) is 8.61. The third kappa shape index (κ3) is 4.05. The molecular formula is C25H29N3O2S. The normalized spacial score (nSPS) is 18.9. The number of hydrogen-bond acceptors (Lipinski definition) is 4. The number of carbonyl (C=O) groups excluding carboxylic acids is 2. The fraction of sp³-hybridized carbons (Fsp3) is 0.480. The first kappa shape index (κ1) is 20.4. The summed E-state index contributed by atoms with van der Waals surface area (Å²) in [5.74, 6) is -0.152. The molecule has 1 aromatic carbocycles. The number of carbonyl (C=O) groups is 2. The van der Waals surface area contributed by atoms with Crippen molar-refractivity contribution in [2.45, 2.75) is 64.3 Å². The van der Waals surface area contributed by atoms with Crippen molar-refractivity contribution in [3.63, 3.8) is 0 Å². The Hall–Kier alpha value is -2.47. The van der Waals surface area contributed by atoms with Crippen LogP contribution in [0, 0.1) is 6.92 Å². The Balaban J connectivity index is 1.47. The molecule has 1 saturated carbocycles. The fourth-order valence-corrected chi connectivity index (χ4v) is 6.43. The van der Waals surface area contributed by atoms with E-state index in [-0.39, 0.29) is 30.9 Å². The molecule has 5 rings (SSSR count). The molecule has 1 aliphatic heterocycles. The van der Waals surface area contributed by atoms with Crippen molar-refractivity contribution >= 4 is 33.9 Å². The lowest BCUT2D eigenvalue weighted by molar-refractivity contribution is -0.123. The Morgan fingerprint density at radius 1 is 1.13 bits per heavy atom. The van der Waals surface area contributed by atoms with Crippen LogP contribution >= 0.6 is 11.3 Å². The summed E-state index contributed by atoms with van der Waals surface area (Å²) in [6.45, 7) is 2.23. The number of aryl methyl sites for hydroxylation is 2. The Kier molecular flexibility index (Phi) is 5.65. The number of rotatable bonds is 4. The summed E-state index contributed by atoms with van der Waals surface area (Å²) >= 11 is 1.68. The van der Waals surface area contributed by atoms with E-state index >= 15 is 0 Å². The van der Waals surface area contributed by atoms with Crippen molar-refractivity contribution in [3.05, 3.63) is 51.4 Å². The van der Waals surface area contributed by atoms with E-state index in [1.165, 1.54) is 35.3 Å². The Labute approximate surface area is 187 Å². The topological polar surface area (TPSA) is 61.8 Å². The summed E-state index contributed by atoms with van der Waals surface area (Å²) < 4.78 is 0. The van der Waals surface area contributed by atoms with Gasteiger partial charge in [-0.05, 0) is 44.6 Å². The summed E-state index contributed by atoms with van der Waals surface area (Å²) in [4.78, 5) is 33.8. The second kappa shape index (κ2) is 8.58. The number of hydrogen-bond donors (Lipinski definition) is 1. The maximum Gasteiger partial charge on any atom is 0.249 e. The zero-order chi connectivity index (χ0) is 21.4. The van der Waals surface area contributed by atoms with Crippen molar-refractivity contribution in [3.8, 4) is 0 Å². The number of aliphatic imine (C=N–C) groups is 1. The summed E-state index contributed by atoms with van der Waals surface area (Å²) in [6.07, 6.45) is 8.88. The van der Waals surface area contributed by atoms with E-state index in [1.807, 2.05) is 0 Å². The summed E-state index contributed by atoms with van der Waals surface area (Å²) in [5.41, 5.74) is 5.55. The SMILES string of the molecule is Cc1ccc(C2=NCC(=O)N(CC(=O)NC3CCCCC3)c3sc4c(c32)CCC4)cc1. The van der Waals surface area contributed by atoms with Gasteiger partial charge in [0.05, 0.1) is 5.71 Å². The minimum atomic E-state index is -0.0953. The molecule has 1 N–H and O–H groups in total. The van der Waals surface area contributed by atoms with E-state index in [1.54, 1.807) is 16.2 Å². The average molecular weight is 436 g/mol. The fourth-order valence-electron chi connectivity index (χ4n) is 5.02. The number of anilines is 1. The van der Waals surface area contributed by atoms with Crippen molar-refractivity contribution in [2.75, 3.05) is 18.0 Å². The van der Waals surface area contributed by atoms with Crippen LogP contribution in [0.3, 0.4) is 0 Å². The van der Waals surface area contributed by atoms with Crippen LogP contribution in [0.5, 0.6) is 0 Å².